The SMILES string of the molecule is O=C1C(=O)C2C=CC1C=C2c1c2ccccc2c(-c2ccc(-n3c4ccc(-c5cccc6ccccc56)cc4c4cc(-c5cccc6ccccc56)ccc43)cc2)c2ccccc12. The summed E-state index contributed by atoms with van der Waals surface area (Å²) >= 11 is 0. The molecule has 14 rings (SSSR count). The second-order valence-corrected chi connectivity index (χ2v) is 17.0. The fourth-order valence-electron chi connectivity index (χ4n) is 10.8. The molecule has 3 aliphatic rings. The van der Waals surface area contributed by atoms with Crippen LogP contribution >= 0.6 is 0 Å². The van der Waals surface area contributed by atoms with E-state index >= 15 is 0 Å². The van der Waals surface area contributed by atoms with Crippen LogP contribution in [0.4, 0.5) is 0 Å². The van der Waals surface area contributed by atoms with Gasteiger partial charge in [-0.15, -0.1) is 0 Å². The number of hydrogen-bond donors (Lipinski definition) is 0. The third-order valence-electron chi connectivity index (χ3n) is 13.6. The van der Waals surface area contributed by atoms with Gasteiger partial charge in [0, 0.05) is 16.5 Å². The summed E-state index contributed by atoms with van der Waals surface area (Å²) in [5.41, 5.74) is 12.4. The minimum Gasteiger partial charge on any atom is -0.309 e. The summed E-state index contributed by atoms with van der Waals surface area (Å²) in [7, 11) is 0. The fourth-order valence-corrected chi connectivity index (χ4v) is 10.8. The van der Waals surface area contributed by atoms with Crippen molar-refractivity contribution in [2.75, 3.05) is 0 Å². The number of carbonyl (C=O) groups excluding carboxylic acids is 2. The van der Waals surface area contributed by atoms with Crippen molar-refractivity contribution in [2.24, 2.45) is 11.8 Å². The summed E-state index contributed by atoms with van der Waals surface area (Å²) < 4.78 is 2.41. The van der Waals surface area contributed by atoms with E-state index in [2.05, 4.69) is 199 Å². The predicted molar refractivity (Wildman–Crippen MR) is 261 cm³/mol. The first kappa shape index (κ1) is 35.6. The molecule has 0 amide bonds. The quantitative estimate of drug-likeness (QED) is 0.0987. The highest BCUT2D eigenvalue weighted by atomic mass is 16.2. The third-order valence-corrected chi connectivity index (χ3v) is 13.6. The lowest BCUT2D eigenvalue weighted by molar-refractivity contribution is -0.139. The normalized spacial score (nSPS) is 16.0. The van der Waals surface area contributed by atoms with Crippen LogP contribution in [0, 0.1) is 11.8 Å². The molecule has 1 aromatic heterocycles. The molecular formula is C60H37NO2. The maximum absolute atomic E-state index is 13.2. The fraction of sp³-hybridized carbons (Fsp3) is 0.0333. The summed E-state index contributed by atoms with van der Waals surface area (Å²) in [6, 6.07) is 70.3. The summed E-state index contributed by atoms with van der Waals surface area (Å²) in [5, 5.41) is 11.7. The Hall–Kier alpha value is -8.14. The van der Waals surface area contributed by atoms with E-state index in [1.54, 1.807) is 0 Å². The van der Waals surface area contributed by atoms with Gasteiger partial charge in [0.05, 0.1) is 22.9 Å². The second-order valence-electron chi connectivity index (χ2n) is 17.0. The predicted octanol–water partition coefficient (Wildman–Crippen LogP) is 14.7. The molecule has 294 valence electrons. The summed E-state index contributed by atoms with van der Waals surface area (Å²) in [4.78, 5) is 26.0. The van der Waals surface area contributed by atoms with Crippen molar-refractivity contribution in [3.05, 3.63) is 218 Å². The molecule has 0 fully saturated rings. The molecule has 2 unspecified atom stereocenters. The van der Waals surface area contributed by atoms with E-state index in [0.29, 0.717) is 0 Å². The van der Waals surface area contributed by atoms with Crippen molar-refractivity contribution in [1.29, 1.82) is 0 Å². The molecule has 11 aromatic rings. The van der Waals surface area contributed by atoms with Crippen LogP contribution < -0.4 is 0 Å². The maximum atomic E-state index is 13.2. The number of carbonyl (C=O) groups is 2. The van der Waals surface area contributed by atoms with Crippen LogP contribution in [0.25, 0.3) is 110 Å². The molecule has 1 heterocycles. The van der Waals surface area contributed by atoms with Crippen LogP contribution in [-0.2, 0) is 9.59 Å². The molecule has 3 heteroatoms. The number of hydrogen-bond acceptors (Lipinski definition) is 2. The highest BCUT2D eigenvalue weighted by Crippen LogP contribution is 2.47. The third kappa shape index (κ3) is 5.33. The Morgan fingerprint density at radius 2 is 0.825 bits per heavy atom. The Kier molecular flexibility index (Phi) is 7.73. The Labute approximate surface area is 363 Å². The summed E-state index contributed by atoms with van der Waals surface area (Å²) in [6.45, 7) is 0. The van der Waals surface area contributed by atoms with Crippen molar-refractivity contribution < 1.29 is 9.59 Å². The number of benzene rings is 10. The maximum Gasteiger partial charge on any atom is 0.210 e. The van der Waals surface area contributed by atoms with Gasteiger partial charge < -0.3 is 4.57 Å². The van der Waals surface area contributed by atoms with Gasteiger partial charge in [0.15, 0.2) is 0 Å². The van der Waals surface area contributed by atoms with Crippen molar-refractivity contribution in [3.63, 3.8) is 0 Å². The van der Waals surface area contributed by atoms with Crippen molar-refractivity contribution in [3.8, 4) is 39.1 Å². The molecule has 10 aromatic carbocycles. The van der Waals surface area contributed by atoms with E-state index in [9.17, 15) is 9.59 Å². The number of ketones is 2. The summed E-state index contributed by atoms with van der Waals surface area (Å²) in [6.07, 6.45) is 5.81. The van der Waals surface area contributed by atoms with Gasteiger partial charge in [-0.2, -0.15) is 0 Å². The standard InChI is InChI=1S/C60H37NO2/c62-59-41-25-30-51(60(59)63)54(35-41)58-49-19-7-5-17-47(49)57(48-18-6-8-20-50(48)58)38-23-28-42(29-24-38)61-55-31-26-39(45-21-9-13-36-11-1-3-15-43(36)45)33-52(55)53-34-40(27-32-56(53)61)46-22-10-14-37-12-2-4-16-44(37)46/h1-35,41,51H. The molecule has 63 heavy (non-hydrogen) atoms. The summed E-state index contributed by atoms with van der Waals surface area (Å²) in [5.74, 6) is -1.68. The van der Waals surface area contributed by atoms with E-state index in [1.165, 1.54) is 54.6 Å². The lowest BCUT2D eigenvalue weighted by Crippen LogP contribution is -2.36. The van der Waals surface area contributed by atoms with Crippen LogP contribution in [0.1, 0.15) is 5.56 Å². The van der Waals surface area contributed by atoms with E-state index in [-0.39, 0.29) is 11.6 Å². The van der Waals surface area contributed by atoms with E-state index < -0.39 is 11.8 Å². The number of fused-ring (bicyclic) bond motifs is 8. The number of rotatable bonds is 5. The van der Waals surface area contributed by atoms with Gasteiger partial charge in [0.1, 0.15) is 0 Å². The number of Topliss-reactive ketones (excluding diaryl/α,β-unsaturated/α-hetero) is 2. The zero-order valence-corrected chi connectivity index (χ0v) is 34.1. The minimum atomic E-state index is -0.558. The molecule has 0 N–H and O–H groups in total. The van der Waals surface area contributed by atoms with Crippen molar-refractivity contribution in [1.82, 2.24) is 4.57 Å². The Morgan fingerprint density at radius 1 is 0.365 bits per heavy atom. The second kappa shape index (κ2) is 13.7. The minimum absolute atomic E-state index is 0.310. The van der Waals surface area contributed by atoms with Gasteiger partial charge in [0.2, 0.25) is 11.6 Å². The van der Waals surface area contributed by atoms with E-state index in [1.807, 2.05) is 18.2 Å². The van der Waals surface area contributed by atoms with Gasteiger partial charge in [-0.3, -0.25) is 9.59 Å². The lowest BCUT2D eigenvalue weighted by atomic mass is 9.71. The molecule has 0 saturated carbocycles. The molecule has 2 bridgehead atoms. The first-order chi connectivity index (χ1) is 31.1. The molecule has 3 nitrogen and oxygen atoms in total. The van der Waals surface area contributed by atoms with Crippen LogP contribution in [0.3, 0.4) is 0 Å². The average Bonchev–Trinajstić information content (AvgIpc) is 3.67. The highest BCUT2D eigenvalue weighted by Gasteiger charge is 2.40. The van der Waals surface area contributed by atoms with Crippen molar-refractivity contribution in [2.45, 2.75) is 0 Å². The van der Waals surface area contributed by atoms with Gasteiger partial charge >= 0.3 is 0 Å². The lowest BCUT2D eigenvalue weighted by Gasteiger charge is -2.30. The topological polar surface area (TPSA) is 39.1 Å². The van der Waals surface area contributed by atoms with Crippen LogP contribution in [0.5, 0.6) is 0 Å². The zero-order valence-electron chi connectivity index (χ0n) is 34.1. The number of nitrogens with zero attached hydrogens (tertiary/aromatic N) is 1. The molecule has 3 aliphatic carbocycles. The Morgan fingerprint density at radius 3 is 1.35 bits per heavy atom. The molecule has 0 aliphatic heterocycles. The van der Waals surface area contributed by atoms with E-state index in [0.717, 1.165) is 60.5 Å². The number of allylic oxidation sites excluding steroid dienone is 4. The zero-order chi connectivity index (χ0) is 41.8. The van der Waals surface area contributed by atoms with Gasteiger partial charge in [-0.1, -0.05) is 176 Å². The van der Waals surface area contributed by atoms with Crippen LogP contribution in [-0.4, -0.2) is 16.1 Å². The first-order valence-corrected chi connectivity index (χ1v) is 21.7. The van der Waals surface area contributed by atoms with Crippen LogP contribution in [0.15, 0.2) is 212 Å². The van der Waals surface area contributed by atoms with E-state index in [4.69, 9.17) is 0 Å². The van der Waals surface area contributed by atoms with Gasteiger partial charge in [-0.05, 0) is 124 Å². The smallest absolute Gasteiger partial charge is 0.210 e. The highest BCUT2D eigenvalue weighted by molar-refractivity contribution is 6.44. The molecule has 0 spiro atoms. The molecular weight excluding hydrogens is 767 g/mol. The Bertz CT molecular complexity index is 3640. The average molecular weight is 804 g/mol. The van der Waals surface area contributed by atoms with Crippen molar-refractivity contribution >= 4 is 82.0 Å². The molecule has 0 radical (unpaired) electrons. The number of aromatic nitrogens is 1. The largest absolute Gasteiger partial charge is 0.309 e. The first-order valence-electron chi connectivity index (χ1n) is 21.7. The van der Waals surface area contributed by atoms with Crippen LogP contribution in [0.2, 0.25) is 0 Å². The molecule has 0 saturated heterocycles. The van der Waals surface area contributed by atoms with Gasteiger partial charge in [-0.25, -0.2) is 0 Å². The van der Waals surface area contributed by atoms with Gasteiger partial charge in [0.25, 0.3) is 0 Å². The Balaban J connectivity index is 1.00. The molecule has 2 atom stereocenters. The monoisotopic (exact) mass is 803 g/mol.